The van der Waals surface area contributed by atoms with E-state index in [1.807, 2.05) is 37.3 Å². The number of halogens is 1. The summed E-state index contributed by atoms with van der Waals surface area (Å²) in [6, 6.07) is 21.9. The van der Waals surface area contributed by atoms with Crippen molar-refractivity contribution in [1.82, 2.24) is 5.32 Å². The van der Waals surface area contributed by atoms with Crippen LogP contribution < -0.4 is 15.1 Å². The van der Waals surface area contributed by atoms with Crippen molar-refractivity contribution in [3.05, 3.63) is 95.8 Å². The van der Waals surface area contributed by atoms with E-state index in [-0.39, 0.29) is 36.1 Å². The second-order valence-electron chi connectivity index (χ2n) is 9.13. The first-order valence-corrected chi connectivity index (χ1v) is 11.3. The summed E-state index contributed by atoms with van der Waals surface area (Å²) < 4.78 is 13.4. The largest absolute Gasteiger partial charge is 0.306 e. The zero-order chi connectivity index (χ0) is 23.6. The van der Waals surface area contributed by atoms with E-state index in [1.165, 1.54) is 17.0 Å². The second-order valence-corrected chi connectivity index (χ2v) is 9.13. The molecule has 0 radical (unpaired) electrons. The minimum atomic E-state index is -1.34. The summed E-state index contributed by atoms with van der Waals surface area (Å²) in [7, 11) is 0. The molecule has 3 heterocycles. The van der Waals surface area contributed by atoms with Gasteiger partial charge in [-0.15, -0.1) is 0 Å². The number of para-hydroxylation sites is 2. The van der Waals surface area contributed by atoms with Crippen LogP contribution in [0.5, 0.6) is 0 Å². The number of imide groups is 1. The lowest BCUT2D eigenvalue weighted by Gasteiger charge is -2.30. The van der Waals surface area contributed by atoms with Crippen molar-refractivity contribution in [2.75, 3.05) is 9.80 Å². The number of hydrogen-bond acceptors (Lipinski definition) is 4. The molecule has 0 aliphatic carbocycles. The molecule has 170 valence electrons. The van der Waals surface area contributed by atoms with Gasteiger partial charge in [0, 0.05) is 17.3 Å². The van der Waals surface area contributed by atoms with E-state index >= 15 is 0 Å². The lowest BCUT2D eigenvalue weighted by atomic mass is 9.76. The van der Waals surface area contributed by atoms with Crippen molar-refractivity contribution in [1.29, 1.82) is 0 Å². The fourth-order valence-corrected chi connectivity index (χ4v) is 5.87. The van der Waals surface area contributed by atoms with Crippen LogP contribution in [0, 0.1) is 17.7 Å². The van der Waals surface area contributed by atoms with Gasteiger partial charge in [-0.2, -0.15) is 0 Å². The molecule has 6 rings (SSSR count). The quantitative estimate of drug-likeness (QED) is 0.615. The minimum Gasteiger partial charge on any atom is -0.306 e. The maximum atomic E-state index is 14.1. The summed E-state index contributed by atoms with van der Waals surface area (Å²) in [6.07, 6.45) is 0. The molecular weight excluding hydrogens is 433 g/mol. The lowest BCUT2D eigenvalue weighted by Crippen LogP contribution is -2.54. The Morgan fingerprint density at radius 1 is 0.882 bits per heavy atom. The van der Waals surface area contributed by atoms with E-state index in [0.29, 0.717) is 16.9 Å². The number of hydrogen-bond donors (Lipinski definition) is 1. The predicted molar refractivity (Wildman–Crippen MR) is 124 cm³/mol. The maximum absolute atomic E-state index is 14.1. The Morgan fingerprint density at radius 2 is 1.56 bits per heavy atom. The van der Waals surface area contributed by atoms with Crippen molar-refractivity contribution in [2.24, 2.45) is 11.8 Å². The van der Waals surface area contributed by atoms with Gasteiger partial charge in [-0.3, -0.25) is 19.7 Å². The summed E-state index contributed by atoms with van der Waals surface area (Å²) >= 11 is 0. The van der Waals surface area contributed by atoms with Crippen LogP contribution in [-0.4, -0.2) is 23.8 Å². The average molecular weight is 455 g/mol. The summed E-state index contributed by atoms with van der Waals surface area (Å²) in [6.45, 7) is 2.08. The van der Waals surface area contributed by atoms with Gasteiger partial charge in [0.05, 0.1) is 24.1 Å². The van der Waals surface area contributed by atoms with Crippen LogP contribution in [0.3, 0.4) is 0 Å². The Balaban J connectivity index is 1.46. The molecule has 0 aromatic heterocycles. The fraction of sp³-hybridized carbons (Fsp3) is 0.222. The number of carbonyl (C=O) groups is 3. The zero-order valence-corrected chi connectivity index (χ0v) is 18.4. The third kappa shape index (κ3) is 2.67. The van der Waals surface area contributed by atoms with Crippen molar-refractivity contribution in [2.45, 2.75) is 25.0 Å². The highest BCUT2D eigenvalue weighted by molar-refractivity contribution is 6.26. The Morgan fingerprint density at radius 3 is 2.29 bits per heavy atom. The normalized spacial score (nSPS) is 27.6. The molecule has 34 heavy (non-hydrogen) atoms. The van der Waals surface area contributed by atoms with Crippen LogP contribution in [0.15, 0.2) is 78.9 Å². The van der Waals surface area contributed by atoms with E-state index < -0.39 is 17.4 Å². The van der Waals surface area contributed by atoms with Gasteiger partial charge in [-0.1, -0.05) is 48.5 Å². The molecule has 3 amide bonds. The highest BCUT2D eigenvalue weighted by Gasteiger charge is 2.71. The molecular formula is C27H22FN3O3. The molecule has 7 heteroatoms. The molecule has 3 aromatic rings. The van der Waals surface area contributed by atoms with Crippen molar-refractivity contribution >= 4 is 29.1 Å². The van der Waals surface area contributed by atoms with Crippen LogP contribution in [0.1, 0.15) is 18.1 Å². The van der Waals surface area contributed by atoms with E-state index in [1.54, 1.807) is 41.3 Å². The van der Waals surface area contributed by atoms with Crippen LogP contribution in [0.4, 0.5) is 15.8 Å². The Hall–Kier alpha value is -3.84. The number of amides is 3. The molecule has 4 atom stereocenters. The molecule has 0 bridgehead atoms. The number of carbonyl (C=O) groups excluding carboxylic acids is 3. The average Bonchev–Trinajstić information content (AvgIpc) is 3.39. The van der Waals surface area contributed by atoms with E-state index in [4.69, 9.17) is 0 Å². The maximum Gasteiger partial charge on any atom is 0.253 e. The summed E-state index contributed by atoms with van der Waals surface area (Å²) in [5.74, 6) is -2.80. The Kier molecular flexibility index (Phi) is 4.47. The lowest BCUT2D eigenvalue weighted by molar-refractivity contribution is -0.132. The van der Waals surface area contributed by atoms with E-state index in [2.05, 4.69) is 5.32 Å². The van der Waals surface area contributed by atoms with Gasteiger partial charge in [0.1, 0.15) is 11.4 Å². The number of fused-ring (bicyclic) bond motifs is 4. The number of nitrogens with zero attached hydrogens (tertiary/aromatic N) is 2. The zero-order valence-electron chi connectivity index (χ0n) is 18.4. The molecule has 3 aliphatic heterocycles. The van der Waals surface area contributed by atoms with Gasteiger partial charge in [-0.05, 0) is 42.8 Å². The van der Waals surface area contributed by atoms with Crippen LogP contribution in [0.2, 0.25) is 0 Å². The molecule has 3 aromatic carbocycles. The molecule has 2 fully saturated rings. The van der Waals surface area contributed by atoms with Gasteiger partial charge in [0.25, 0.3) is 5.91 Å². The van der Waals surface area contributed by atoms with Crippen molar-refractivity contribution in [3.63, 3.8) is 0 Å². The monoisotopic (exact) mass is 455 g/mol. The van der Waals surface area contributed by atoms with Gasteiger partial charge in [-0.25, -0.2) is 9.29 Å². The Bertz CT molecular complexity index is 1330. The first kappa shape index (κ1) is 20.7. The number of rotatable bonds is 3. The third-order valence-corrected chi connectivity index (χ3v) is 7.28. The number of anilines is 2. The van der Waals surface area contributed by atoms with Crippen LogP contribution in [-0.2, 0) is 26.5 Å². The van der Waals surface area contributed by atoms with Crippen LogP contribution in [0.25, 0.3) is 0 Å². The van der Waals surface area contributed by atoms with E-state index in [9.17, 15) is 18.8 Å². The summed E-state index contributed by atoms with van der Waals surface area (Å²) in [5.41, 5.74) is 1.32. The first-order chi connectivity index (χ1) is 16.4. The summed E-state index contributed by atoms with van der Waals surface area (Å²) in [4.78, 5) is 44.3. The highest BCUT2D eigenvalue weighted by atomic mass is 19.1. The van der Waals surface area contributed by atoms with Gasteiger partial charge >= 0.3 is 0 Å². The van der Waals surface area contributed by atoms with Gasteiger partial charge < -0.3 is 4.90 Å². The Labute approximate surface area is 196 Å². The van der Waals surface area contributed by atoms with Crippen molar-refractivity contribution in [3.8, 4) is 0 Å². The molecule has 0 saturated carbocycles. The van der Waals surface area contributed by atoms with Gasteiger partial charge in [0.2, 0.25) is 11.8 Å². The molecule has 1 N–H and O–H groups in total. The number of benzene rings is 3. The predicted octanol–water partition coefficient (Wildman–Crippen LogP) is 3.37. The summed E-state index contributed by atoms with van der Waals surface area (Å²) in [5, 5.41) is 3.38. The standard InChI is InChI=1S/C27H22FN3O3/c1-16-22-23(25(33)31(24(22)32)19-7-3-2-4-8-19)27(29-16)20-9-5-6-10-21(20)30(26(27)34)15-17-11-13-18(28)14-12-17/h2-14,16,22-23,29H,15H2,1H3. The van der Waals surface area contributed by atoms with Crippen LogP contribution >= 0.6 is 0 Å². The SMILES string of the molecule is CC1NC2(C(=O)N(Cc3ccc(F)cc3)c3ccccc32)C2C(=O)N(c3ccccc3)C(=O)C12. The molecule has 3 aliphatic rings. The molecule has 1 spiro atoms. The molecule has 6 nitrogen and oxygen atoms in total. The smallest absolute Gasteiger partial charge is 0.253 e. The number of nitrogens with one attached hydrogen (secondary N) is 1. The van der Waals surface area contributed by atoms with E-state index in [0.717, 1.165) is 5.56 Å². The van der Waals surface area contributed by atoms with Gasteiger partial charge in [0.15, 0.2) is 0 Å². The minimum absolute atomic E-state index is 0.232. The second kappa shape index (κ2) is 7.33. The first-order valence-electron chi connectivity index (χ1n) is 11.3. The van der Waals surface area contributed by atoms with Crippen molar-refractivity contribution < 1.29 is 18.8 Å². The third-order valence-electron chi connectivity index (χ3n) is 7.28. The molecule has 2 saturated heterocycles. The fourth-order valence-electron chi connectivity index (χ4n) is 5.87. The highest BCUT2D eigenvalue weighted by Crippen LogP contribution is 2.55. The topological polar surface area (TPSA) is 69.7 Å². The molecule has 4 unspecified atom stereocenters.